The van der Waals surface area contributed by atoms with Crippen LogP contribution in [-0.2, 0) is 4.79 Å². The van der Waals surface area contributed by atoms with Gasteiger partial charge >= 0.3 is 5.97 Å². The number of carboxylic acid groups (broad SMARTS) is 1. The summed E-state index contributed by atoms with van der Waals surface area (Å²) in [5, 5.41) is 9.58. The molecular weight excluding hydrogens is 310 g/mol. The molecule has 1 amide bonds. The van der Waals surface area contributed by atoms with Gasteiger partial charge in [-0.15, -0.1) is 0 Å². The number of hydrazine groups is 2. The molecule has 3 rings (SSSR count). The molecule has 0 aromatic carbocycles. The number of carboxylic acids is 1. The van der Waals surface area contributed by atoms with Crippen LogP contribution in [0.5, 0.6) is 0 Å². The first-order valence-electron chi connectivity index (χ1n) is 7.13. The first-order valence-corrected chi connectivity index (χ1v) is 7.51. The van der Waals surface area contributed by atoms with Crippen LogP contribution in [0.3, 0.4) is 0 Å². The molecule has 1 aromatic rings. The van der Waals surface area contributed by atoms with Crippen LogP contribution in [-0.4, -0.2) is 52.5 Å². The number of nitrogens with one attached hydrogen (secondary N) is 4. The van der Waals surface area contributed by atoms with Gasteiger partial charge in [0, 0.05) is 31.9 Å². The highest BCUT2D eigenvalue weighted by Gasteiger charge is 2.41. The SMILES string of the molecule is O=C(O)C[C@@H]1CN(C(=O)c2cc(Cl)c[nH]2)C[C@@H]1C1CNNN1. The first-order chi connectivity index (χ1) is 10.5. The molecular formula is C13H18ClN5O3. The highest BCUT2D eigenvalue weighted by Crippen LogP contribution is 2.30. The van der Waals surface area contributed by atoms with Gasteiger partial charge < -0.3 is 15.0 Å². The Balaban J connectivity index is 1.73. The number of hydrogen-bond donors (Lipinski definition) is 5. The molecule has 2 aliphatic rings. The monoisotopic (exact) mass is 327 g/mol. The van der Waals surface area contributed by atoms with Crippen molar-refractivity contribution >= 4 is 23.5 Å². The van der Waals surface area contributed by atoms with Crippen LogP contribution in [0.1, 0.15) is 16.9 Å². The maximum absolute atomic E-state index is 12.5. The zero-order chi connectivity index (χ0) is 15.7. The van der Waals surface area contributed by atoms with Crippen LogP contribution in [0.4, 0.5) is 0 Å². The highest BCUT2D eigenvalue weighted by molar-refractivity contribution is 6.30. The third-order valence-electron chi connectivity index (χ3n) is 4.28. The Kier molecular flexibility index (Phi) is 4.34. The number of amides is 1. The van der Waals surface area contributed by atoms with Crippen molar-refractivity contribution in [2.45, 2.75) is 12.5 Å². The number of aromatic nitrogens is 1. The van der Waals surface area contributed by atoms with Gasteiger partial charge in [0.25, 0.3) is 5.91 Å². The molecule has 2 aliphatic heterocycles. The van der Waals surface area contributed by atoms with Crippen molar-refractivity contribution in [2.24, 2.45) is 11.8 Å². The Morgan fingerprint density at radius 1 is 1.41 bits per heavy atom. The summed E-state index contributed by atoms with van der Waals surface area (Å²) < 4.78 is 0. The fraction of sp³-hybridized carbons (Fsp3) is 0.538. The molecule has 9 heteroatoms. The summed E-state index contributed by atoms with van der Waals surface area (Å²) in [4.78, 5) is 28.1. The number of carbonyl (C=O) groups excluding carboxylic acids is 1. The largest absolute Gasteiger partial charge is 0.481 e. The van der Waals surface area contributed by atoms with Crippen LogP contribution < -0.4 is 16.4 Å². The van der Waals surface area contributed by atoms with Gasteiger partial charge in [0.05, 0.1) is 11.4 Å². The third kappa shape index (κ3) is 3.09. The fourth-order valence-corrected chi connectivity index (χ4v) is 3.40. The molecule has 120 valence electrons. The van der Waals surface area contributed by atoms with Crippen LogP contribution in [0.25, 0.3) is 0 Å². The molecule has 0 bridgehead atoms. The molecule has 22 heavy (non-hydrogen) atoms. The lowest BCUT2D eigenvalue weighted by molar-refractivity contribution is -0.138. The Bertz CT molecular complexity index is 572. The van der Waals surface area contributed by atoms with E-state index in [9.17, 15) is 9.59 Å². The third-order valence-corrected chi connectivity index (χ3v) is 4.50. The predicted molar refractivity (Wildman–Crippen MR) is 79.0 cm³/mol. The van der Waals surface area contributed by atoms with E-state index in [2.05, 4.69) is 21.4 Å². The highest BCUT2D eigenvalue weighted by atomic mass is 35.5. The van der Waals surface area contributed by atoms with Crippen LogP contribution >= 0.6 is 11.6 Å². The van der Waals surface area contributed by atoms with Crippen molar-refractivity contribution in [1.82, 2.24) is 26.3 Å². The van der Waals surface area contributed by atoms with E-state index in [0.717, 1.165) is 0 Å². The maximum Gasteiger partial charge on any atom is 0.303 e. The number of aliphatic carboxylic acids is 1. The minimum absolute atomic E-state index is 0.0537. The molecule has 5 N–H and O–H groups in total. The zero-order valence-electron chi connectivity index (χ0n) is 11.8. The summed E-state index contributed by atoms with van der Waals surface area (Å²) in [7, 11) is 0. The lowest BCUT2D eigenvalue weighted by Gasteiger charge is -2.21. The van der Waals surface area contributed by atoms with Crippen molar-refractivity contribution in [3.8, 4) is 0 Å². The van der Waals surface area contributed by atoms with Crippen molar-refractivity contribution in [3.05, 3.63) is 23.0 Å². The summed E-state index contributed by atoms with van der Waals surface area (Å²) in [6.07, 6.45) is 1.61. The molecule has 0 aliphatic carbocycles. The van der Waals surface area contributed by atoms with Crippen molar-refractivity contribution in [3.63, 3.8) is 0 Å². The number of rotatable bonds is 4. The summed E-state index contributed by atoms with van der Waals surface area (Å²) in [6, 6.07) is 1.68. The minimum atomic E-state index is -0.842. The standard InChI is InChI=1S/C13H18ClN5O3/c14-8-2-10(15-3-8)13(22)19-5-7(1-12(20)21)9(6-19)11-4-16-18-17-11/h2-3,7,9,11,15-18H,1,4-6H2,(H,20,21)/t7-,9+,11?/m1/s1. The zero-order valence-corrected chi connectivity index (χ0v) is 12.6. The van der Waals surface area contributed by atoms with E-state index in [-0.39, 0.29) is 30.2 Å². The number of aromatic amines is 1. The van der Waals surface area contributed by atoms with E-state index < -0.39 is 5.97 Å². The van der Waals surface area contributed by atoms with Gasteiger partial charge in [-0.25, -0.2) is 10.9 Å². The molecule has 3 atom stereocenters. The van der Waals surface area contributed by atoms with Crippen LogP contribution in [0.15, 0.2) is 12.3 Å². The Labute approximate surface area is 132 Å². The number of halogens is 1. The van der Waals surface area contributed by atoms with E-state index in [1.165, 1.54) is 0 Å². The van der Waals surface area contributed by atoms with E-state index in [0.29, 0.717) is 30.4 Å². The summed E-state index contributed by atoms with van der Waals surface area (Å²) in [6.45, 7) is 1.65. The number of H-pyrrole nitrogens is 1. The van der Waals surface area contributed by atoms with Crippen LogP contribution in [0.2, 0.25) is 5.02 Å². The number of nitrogens with zero attached hydrogens (tertiary/aromatic N) is 1. The Morgan fingerprint density at radius 2 is 2.23 bits per heavy atom. The van der Waals surface area contributed by atoms with Crippen molar-refractivity contribution in [2.75, 3.05) is 19.6 Å². The van der Waals surface area contributed by atoms with Gasteiger partial charge in [-0.1, -0.05) is 11.6 Å². The molecule has 3 heterocycles. The van der Waals surface area contributed by atoms with E-state index >= 15 is 0 Å². The molecule has 0 spiro atoms. The van der Waals surface area contributed by atoms with Gasteiger partial charge in [-0.3, -0.25) is 9.59 Å². The smallest absolute Gasteiger partial charge is 0.303 e. The van der Waals surface area contributed by atoms with E-state index in [4.69, 9.17) is 16.7 Å². The van der Waals surface area contributed by atoms with Gasteiger partial charge in [-0.2, -0.15) is 5.53 Å². The second-order valence-corrected chi connectivity index (χ2v) is 6.16. The molecule has 0 saturated carbocycles. The Hall–Kier alpha value is -1.61. The van der Waals surface area contributed by atoms with Crippen LogP contribution in [0, 0.1) is 11.8 Å². The average Bonchev–Trinajstić information content (AvgIpc) is 3.16. The molecule has 8 nitrogen and oxygen atoms in total. The lowest BCUT2D eigenvalue weighted by Crippen LogP contribution is -2.41. The van der Waals surface area contributed by atoms with Gasteiger partial charge in [0.1, 0.15) is 5.69 Å². The minimum Gasteiger partial charge on any atom is -0.481 e. The lowest BCUT2D eigenvalue weighted by atomic mass is 9.87. The quantitative estimate of drug-likeness (QED) is 0.524. The Morgan fingerprint density at radius 3 is 2.82 bits per heavy atom. The second kappa shape index (κ2) is 6.25. The number of likely N-dealkylation sites (tertiary alicyclic amines) is 1. The summed E-state index contributed by atoms with van der Waals surface area (Å²) in [5.74, 6) is -0.992. The van der Waals surface area contributed by atoms with Crippen molar-refractivity contribution in [1.29, 1.82) is 0 Å². The predicted octanol–water partition coefficient (Wildman–Crippen LogP) is -0.188. The van der Waals surface area contributed by atoms with Gasteiger partial charge in [-0.05, 0) is 17.9 Å². The molecule has 1 aromatic heterocycles. The average molecular weight is 328 g/mol. The van der Waals surface area contributed by atoms with E-state index in [1.807, 2.05) is 0 Å². The second-order valence-electron chi connectivity index (χ2n) is 5.72. The number of hydrogen-bond acceptors (Lipinski definition) is 5. The molecule has 2 fully saturated rings. The summed E-state index contributed by atoms with van der Waals surface area (Å²) in [5.41, 5.74) is 9.30. The molecule has 1 unspecified atom stereocenters. The topological polar surface area (TPSA) is 109 Å². The van der Waals surface area contributed by atoms with E-state index in [1.54, 1.807) is 17.2 Å². The first kappa shape index (κ1) is 15.3. The summed E-state index contributed by atoms with van der Waals surface area (Å²) >= 11 is 5.83. The maximum atomic E-state index is 12.5. The van der Waals surface area contributed by atoms with Gasteiger partial charge in [0.15, 0.2) is 0 Å². The molecule has 2 saturated heterocycles. The number of carbonyl (C=O) groups is 2. The normalized spacial score (nSPS) is 28.2. The van der Waals surface area contributed by atoms with Crippen molar-refractivity contribution < 1.29 is 14.7 Å². The van der Waals surface area contributed by atoms with Gasteiger partial charge in [0.2, 0.25) is 0 Å². The molecule has 0 radical (unpaired) electrons. The fourth-order valence-electron chi connectivity index (χ4n) is 3.23.